The molecule has 0 radical (unpaired) electrons. The van der Waals surface area contributed by atoms with Gasteiger partial charge in [0.25, 0.3) is 0 Å². The monoisotopic (exact) mass is 537 g/mol. The third-order valence-electron chi connectivity index (χ3n) is 5.66. The number of rotatable bonds is 10. The Balaban J connectivity index is 2.18. The molecule has 0 saturated heterocycles. The van der Waals surface area contributed by atoms with Crippen molar-refractivity contribution in [2.75, 3.05) is 18.0 Å². The molecule has 206 valence electrons. The van der Waals surface area contributed by atoms with Gasteiger partial charge in [-0.15, -0.1) is 11.8 Å². The van der Waals surface area contributed by atoms with Crippen molar-refractivity contribution < 1.29 is 34.1 Å². The van der Waals surface area contributed by atoms with Crippen LogP contribution in [0, 0.1) is 5.41 Å². The quantitative estimate of drug-likeness (QED) is 0.328. The van der Waals surface area contributed by atoms with Gasteiger partial charge in [-0.1, -0.05) is 32.9 Å². The second kappa shape index (κ2) is 12.6. The molecule has 1 heterocycles. The van der Waals surface area contributed by atoms with Crippen molar-refractivity contribution in [3.05, 3.63) is 24.3 Å². The maximum Gasteiger partial charge on any atom is 0.407 e. The predicted molar refractivity (Wildman–Crippen MR) is 142 cm³/mol. The lowest BCUT2D eigenvalue weighted by molar-refractivity contribution is -0.141. The first-order valence-electron chi connectivity index (χ1n) is 12.3. The number of alkyl carbamates (subject to hydrolysis) is 1. The lowest BCUT2D eigenvalue weighted by Gasteiger charge is -2.37. The molecule has 0 bridgehead atoms. The first kappa shape index (κ1) is 30.4. The minimum absolute atomic E-state index is 0.225. The third kappa shape index (κ3) is 9.23. The summed E-state index contributed by atoms with van der Waals surface area (Å²) < 4.78 is 5.19. The molecule has 4 N–H and O–H groups in total. The molecule has 3 atom stereocenters. The van der Waals surface area contributed by atoms with Gasteiger partial charge < -0.3 is 20.3 Å². The van der Waals surface area contributed by atoms with Crippen LogP contribution >= 0.6 is 11.8 Å². The Labute approximate surface area is 222 Å². The number of benzene rings is 1. The van der Waals surface area contributed by atoms with Crippen molar-refractivity contribution in [2.24, 2.45) is 5.41 Å². The Bertz CT molecular complexity index is 987. The van der Waals surface area contributed by atoms with Gasteiger partial charge in [0.1, 0.15) is 24.2 Å². The van der Waals surface area contributed by atoms with E-state index in [9.17, 15) is 29.4 Å². The van der Waals surface area contributed by atoms with Crippen LogP contribution in [0.15, 0.2) is 29.2 Å². The summed E-state index contributed by atoms with van der Waals surface area (Å²) >= 11 is 1.45. The number of carboxylic acids is 2. The highest BCUT2D eigenvalue weighted by molar-refractivity contribution is 8.00. The van der Waals surface area contributed by atoms with Gasteiger partial charge in [0.05, 0.1) is 5.69 Å². The summed E-state index contributed by atoms with van der Waals surface area (Å²) in [6, 6.07) is 5.15. The maximum atomic E-state index is 13.8. The zero-order chi connectivity index (χ0) is 28.0. The highest BCUT2D eigenvalue weighted by atomic mass is 32.2. The smallest absolute Gasteiger partial charge is 0.407 e. The second-order valence-corrected chi connectivity index (χ2v) is 12.3. The van der Waals surface area contributed by atoms with Gasteiger partial charge in [0, 0.05) is 16.7 Å². The lowest BCUT2D eigenvalue weighted by atomic mass is 9.86. The number of hydrogen-bond acceptors (Lipinski definition) is 7. The van der Waals surface area contributed by atoms with Crippen molar-refractivity contribution in [1.82, 2.24) is 10.6 Å². The van der Waals surface area contributed by atoms with E-state index >= 15 is 0 Å². The van der Waals surface area contributed by atoms with Gasteiger partial charge in [-0.05, 0) is 57.6 Å². The van der Waals surface area contributed by atoms with Crippen LogP contribution in [0.4, 0.5) is 10.5 Å². The minimum atomic E-state index is -1.16. The van der Waals surface area contributed by atoms with E-state index in [0.29, 0.717) is 25.1 Å². The molecule has 2 amide bonds. The number of thioether (sulfide) groups is 1. The zero-order valence-corrected chi connectivity index (χ0v) is 23.2. The molecular formula is C26H39N3O7S. The average Bonchev–Trinajstić information content (AvgIpc) is 2.86. The van der Waals surface area contributed by atoms with Crippen LogP contribution in [0.2, 0.25) is 0 Å². The predicted octanol–water partition coefficient (Wildman–Crippen LogP) is 3.73. The van der Waals surface area contributed by atoms with Crippen molar-refractivity contribution in [3.8, 4) is 0 Å². The van der Waals surface area contributed by atoms with Crippen LogP contribution < -0.4 is 15.5 Å². The number of carbonyl (C=O) groups excluding carboxylic acids is 2. The molecule has 1 aliphatic heterocycles. The van der Waals surface area contributed by atoms with Gasteiger partial charge >= 0.3 is 18.0 Å². The van der Waals surface area contributed by atoms with E-state index in [1.54, 1.807) is 32.9 Å². The Kier molecular flexibility index (Phi) is 10.4. The van der Waals surface area contributed by atoms with Crippen LogP contribution in [0.1, 0.15) is 60.8 Å². The molecule has 0 spiro atoms. The third-order valence-corrected chi connectivity index (χ3v) is 7.49. The van der Waals surface area contributed by atoms with Crippen LogP contribution in [0.5, 0.6) is 0 Å². The molecule has 0 aromatic heterocycles. The van der Waals surface area contributed by atoms with E-state index in [0.717, 1.165) is 4.90 Å². The number of nitrogens with zero attached hydrogens (tertiary/aromatic N) is 1. The summed E-state index contributed by atoms with van der Waals surface area (Å²) in [6.07, 6.45) is 0.694. The van der Waals surface area contributed by atoms with Crippen molar-refractivity contribution in [1.29, 1.82) is 0 Å². The second-order valence-electron chi connectivity index (χ2n) is 11.1. The topological polar surface area (TPSA) is 145 Å². The van der Waals surface area contributed by atoms with Gasteiger partial charge in [0.2, 0.25) is 5.91 Å². The molecule has 1 aromatic carbocycles. The molecule has 1 aromatic rings. The highest BCUT2D eigenvalue weighted by Gasteiger charge is 2.44. The molecular weight excluding hydrogens is 498 g/mol. The number of carbonyl (C=O) groups is 4. The summed E-state index contributed by atoms with van der Waals surface area (Å²) in [6.45, 7) is 11.0. The SMILES string of the molecule is CC(C)(C)OC(=O)NCCCC[C@H](N[C@@H]1C(=O)N(CC(=O)O)c2ccccc2SC1C(C)(C)C)C(=O)O. The molecule has 11 heteroatoms. The molecule has 0 aliphatic carbocycles. The highest BCUT2D eigenvalue weighted by Crippen LogP contribution is 2.44. The largest absolute Gasteiger partial charge is 0.480 e. The summed E-state index contributed by atoms with van der Waals surface area (Å²) in [5.74, 6) is -2.73. The summed E-state index contributed by atoms with van der Waals surface area (Å²) in [4.78, 5) is 51.3. The first-order valence-corrected chi connectivity index (χ1v) is 13.2. The number of fused-ring (bicyclic) bond motifs is 1. The average molecular weight is 538 g/mol. The minimum Gasteiger partial charge on any atom is -0.480 e. The van der Waals surface area contributed by atoms with Crippen molar-refractivity contribution in [3.63, 3.8) is 0 Å². The zero-order valence-electron chi connectivity index (χ0n) is 22.4. The van der Waals surface area contributed by atoms with Crippen LogP contribution in [-0.2, 0) is 19.1 Å². The number of carboxylic acid groups (broad SMARTS) is 2. The van der Waals surface area contributed by atoms with Crippen molar-refractivity contribution >= 4 is 41.4 Å². The maximum absolute atomic E-state index is 13.8. The number of aliphatic carboxylic acids is 2. The summed E-state index contributed by atoms with van der Waals surface area (Å²) in [7, 11) is 0. The summed E-state index contributed by atoms with van der Waals surface area (Å²) in [5, 5.41) is 24.8. The van der Waals surface area contributed by atoms with E-state index in [4.69, 9.17) is 4.74 Å². The molecule has 1 unspecified atom stereocenters. The van der Waals surface area contributed by atoms with E-state index in [1.165, 1.54) is 16.7 Å². The fourth-order valence-electron chi connectivity index (χ4n) is 4.01. The van der Waals surface area contributed by atoms with Crippen molar-refractivity contribution in [2.45, 2.75) is 88.6 Å². The van der Waals surface area contributed by atoms with E-state index in [-0.39, 0.29) is 11.7 Å². The number of ether oxygens (including phenoxy) is 1. The Hall–Kier alpha value is -2.79. The molecule has 1 aliphatic rings. The Morgan fingerprint density at radius 1 is 1.08 bits per heavy atom. The van der Waals surface area contributed by atoms with E-state index in [1.807, 2.05) is 32.9 Å². The Morgan fingerprint density at radius 3 is 2.30 bits per heavy atom. The van der Waals surface area contributed by atoms with Gasteiger partial charge in [0.15, 0.2) is 0 Å². The normalized spacial score (nSPS) is 19.0. The van der Waals surface area contributed by atoms with Gasteiger partial charge in [-0.3, -0.25) is 24.6 Å². The molecule has 0 saturated carbocycles. The number of anilines is 1. The lowest BCUT2D eigenvalue weighted by Crippen LogP contribution is -2.58. The van der Waals surface area contributed by atoms with Crippen LogP contribution in [0.25, 0.3) is 0 Å². The molecule has 0 fully saturated rings. The fourth-order valence-corrected chi connectivity index (χ4v) is 5.42. The standard InChI is InChI=1S/C26H39N3O7S/c1-25(2,3)21-20(22(32)29(15-19(30)31)17-12-7-8-13-18(17)37-21)28-16(23(33)34)11-9-10-14-27-24(35)36-26(4,5)6/h7-8,12-13,16,20-21,28H,9-11,14-15H2,1-6H3,(H,27,35)(H,30,31)(H,33,34)/t16-,20-,21?/m0/s1. The first-order chi connectivity index (χ1) is 17.1. The number of hydrogen-bond donors (Lipinski definition) is 4. The number of para-hydroxylation sites is 1. The van der Waals surface area contributed by atoms with Gasteiger partial charge in [-0.2, -0.15) is 0 Å². The molecule has 10 nitrogen and oxygen atoms in total. The summed E-state index contributed by atoms with van der Waals surface area (Å²) in [5.41, 5.74) is -0.521. The van der Waals surface area contributed by atoms with Gasteiger partial charge in [-0.25, -0.2) is 4.79 Å². The molecule has 2 rings (SSSR count). The van der Waals surface area contributed by atoms with Crippen LogP contribution in [-0.4, -0.2) is 70.2 Å². The molecule has 37 heavy (non-hydrogen) atoms. The number of amides is 2. The number of unbranched alkanes of at least 4 members (excludes halogenated alkanes) is 1. The van der Waals surface area contributed by atoms with E-state index < -0.39 is 53.6 Å². The number of nitrogens with one attached hydrogen (secondary N) is 2. The fraction of sp³-hybridized carbons (Fsp3) is 0.615. The van der Waals surface area contributed by atoms with Crippen LogP contribution in [0.3, 0.4) is 0 Å². The Morgan fingerprint density at radius 2 is 1.73 bits per heavy atom. The van der Waals surface area contributed by atoms with E-state index in [2.05, 4.69) is 10.6 Å².